The Morgan fingerprint density at radius 2 is 2.17 bits per heavy atom. The van der Waals surface area contributed by atoms with Gasteiger partial charge < -0.3 is 9.64 Å². The number of amidine groups is 1. The number of esters is 1. The number of rotatable bonds is 3. The van der Waals surface area contributed by atoms with Gasteiger partial charge in [0.25, 0.3) is 15.7 Å². The number of nitrogens with zero attached hydrogens (tertiary/aromatic N) is 3. The van der Waals surface area contributed by atoms with Crippen molar-refractivity contribution in [2.75, 3.05) is 12.3 Å². The molecule has 0 atom stereocenters. The largest absolute Gasteiger partial charge is 0.423 e. The third kappa shape index (κ3) is 3.18. The van der Waals surface area contributed by atoms with Crippen LogP contribution < -0.4 is 4.74 Å². The molecule has 0 radical (unpaired) electrons. The predicted octanol–water partition coefficient (Wildman–Crippen LogP) is 0.998. The van der Waals surface area contributed by atoms with Crippen molar-refractivity contribution in [1.82, 2.24) is 4.90 Å². The van der Waals surface area contributed by atoms with Gasteiger partial charge in [0.15, 0.2) is 5.84 Å². The number of non-ortho nitro benzene ring substituents is 1. The molecule has 2 aliphatic rings. The number of ether oxygens (including phenoxy) is 1. The van der Waals surface area contributed by atoms with Crippen molar-refractivity contribution in [1.29, 1.82) is 0 Å². The number of allylic oxidation sites excluding steroid dienone is 2. The van der Waals surface area contributed by atoms with E-state index in [0.29, 0.717) is 0 Å². The van der Waals surface area contributed by atoms with E-state index in [2.05, 4.69) is 4.40 Å². The van der Waals surface area contributed by atoms with Gasteiger partial charge in [-0.05, 0) is 18.2 Å². The van der Waals surface area contributed by atoms with Gasteiger partial charge in [0, 0.05) is 18.8 Å². The zero-order valence-corrected chi connectivity index (χ0v) is 13.0. The van der Waals surface area contributed by atoms with E-state index in [-0.39, 0.29) is 35.1 Å². The highest BCUT2D eigenvalue weighted by atomic mass is 32.2. The minimum absolute atomic E-state index is 0.0146. The molecule has 1 aromatic rings. The summed E-state index contributed by atoms with van der Waals surface area (Å²) in [5.41, 5.74) is -0.260. The van der Waals surface area contributed by atoms with Gasteiger partial charge >= 0.3 is 5.97 Å². The minimum Gasteiger partial charge on any atom is -0.423 e. The molecule has 10 heteroatoms. The van der Waals surface area contributed by atoms with Crippen LogP contribution in [0.2, 0.25) is 0 Å². The lowest BCUT2D eigenvalue weighted by molar-refractivity contribution is -0.384. The van der Waals surface area contributed by atoms with Crippen LogP contribution in [0, 0.1) is 10.1 Å². The molecule has 24 heavy (non-hydrogen) atoms. The molecule has 0 unspecified atom stereocenters. The van der Waals surface area contributed by atoms with E-state index in [1.807, 2.05) is 0 Å². The van der Waals surface area contributed by atoms with Crippen LogP contribution in [0.4, 0.5) is 5.69 Å². The molecule has 2 aliphatic heterocycles. The van der Waals surface area contributed by atoms with Crippen LogP contribution in [-0.2, 0) is 14.8 Å². The lowest BCUT2D eigenvalue weighted by atomic mass is 10.1. The molecule has 0 amide bonds. The van der Waals surface area contributed by atoms with Crippen molar-refractivity contribution in [2.24, 2.45) is 4.40 Å². The summed E-state index contributed by atoms with van der Waals surface area (Å²) in [6.07, 6.45) is 4.56. The Balaban J connectivity index is 1.88. The Morgan fingerprint density at radius 1 is 1.38 bits per heavy atom. The molecule has 0 aliphatic carbocycles. The third-order valence-corrected chi connectivity index (χ3v) is 4.47. The number of hydrogen-bond donors (Lipinski definition) is 0. The van der Waals surface area contributed by atoms with Gasteiger partial charge in [-0.1, -0.05) is 6.07 Å². The maximum atomic E-state index is 12.3. The molecule has 124 valence electrons. The quantitative estimate of drug-likeness (QED) is 0.345. The highest BCUT2D eigenvalue weighted by molar-refractivity contribution is 7.90. The Hall–Kier alpha value is -3.01. The number of carbonyl (C=O) groups excluding carboxylic acids is 1. The van der Waals surface area contributed by atoms with Gasteiger partial charge in [0.05, 0.1) is 16.7 Å². The zero-order chi connectivity index (χ0) is 17.3. The lowest BCUT2D eigenvalue weighted by Gasteiger charge is -2.28. The van der Waals surface area contributed by atoms with Crippen LogP contribution in [-0.4, -0.2) is 42.3 Å². The van der Waals surface area contributed by atoms with E-state index in [1.54, 1.807) is 12.3 Å². The molecule has 1 aromatic carbocycles. The molecular weight excluding hydrogens is 338 g/mol. The average Bonchev–Trinajstić information content (AvgIpc) is 2.53. The number of sulfonamides is 1. The van der Waals surface area contributed by atoms with E-state index >= 15 is 0 Å². The van der Waals surface area contributed by atoms with Crippen LogP contribution >= 0.6 is 0 Å². The molecule has 0 saturated heterocycles. The standard InChI is InChI=1S/C14H11N3O6S/c18-14(23-11-4-1-3-10(9-11)17(19)20)12-5-2-6-16-7-8-24(21,22)15-13(12)16/h1-6,9H,7-8H2. The molecule has 0 spiro atoms. The average molecular weight is 349 g/mol. The number of nitro groups is 1. The maximum Gasteiger partial charge on any atom is 0.347 e. The summed E-state index contributed by atoms with van der Waals surface area (Å²) in [6, 6.07) is 5.14. The number of hydrogen-bond acceptors (Lipinski definition) is 7. The maximum absolute atomic E-state index is 12.3. The Kier molecular flexibility index (Phi) is 3.89. The van der Waals surface area contributed by atoms with Crippen molar-refractivity contribution in [3.63, 3.8) is 0 Å². The summed E-state index contributed by atoms with van der Waals surface area (Å²) < 4.78 is 32.0. The Labute approximate surface area is 136 Å². The Bertz CT molecular complexity index is 916. The molecular formula is C14H11N3O6S. The van der Waals surface area contributed by atoms with Gasteiger partial charge in [-0.15, -0.1) is 4.40 Å². The van der Waals surface area contributed by atoms with Gasteiger partial charge in [-0.2, -0.15) is 0 Å². The van der Waals surface area contributed by atoms with Crippen LogP contribution in [0.3, 0.4) is 0 Å². The molecule has 9 nitrogen and oxygen atoms in total. The molecule has 2 heterocycles. The summed E-state index contributed by atoms with van der Waals surface area (Å²) in [4.78, 5) is 24.0. The Morgan fingerprint density at radius 3 is 2.92 bits per heavy atom. The SMILES string of the molecule is O=C(Oc1cccc([N+](=O)[O-])c1)C1=CC=CN2CCS(=O)(=O)N=C12. The second kappa shape index (κ2) is 5.89. The van der Waals surface area contributed by atoms with Gasteiger partial charge in [-0.25, -0.2) is 13.2 Å². The van der Waals surface area contributed by atoms with Crippen molar-refractivity contribution in [3.8, 4) is 5.75 Å². The molecule has 3 rings (SSSR count). The van der Waals surface area contributed by atoms with E-state index < -0.39 is 20.9 Å². The van der Waals surface area contributed by atoms with Crippen molar-refractivity contribution >= 4 is 27.5 Å². The van der Waals surface area contributed by atoms with Crippen LogP contribution in [0.1, 0.15) is 0 Å². The number of carbonyl (C=O) groups is 1. The lowest BCUT2D eigenvalue weighted by Crippen LogP contribution is -2.40. The fourth-order valence-corrected chi connectivity index (χ4v) is 3.18. The normalized spacial score (nSPS) is 18.2. The predicted molar refractivity (Wildman–Crippen MR) is 83.9 cm³/mol. The summed E-state index contributed by atoms with van der Waals surface area (Å²) in [5.74, 6) is -1.02. The van der Waals surface area contributed by atoms with Gasteiger partial charge in [0.2, 0.25) is 0 Å². The fraction of sp³-hybridized carbons (Fsp3) is 0.143. The van der Waals surface area contributed by atoms with Crippen LogP contribution in [0.15, 0.2) is 52.6 Å². The molecule has 0 N–H and O–H groups in total. The van der Waals surface area contributed by atoms with Crippen molar-refractivity contribution < 1.29 is 22.9 Å². The highest BCUT2D eigenvalue weighted by Crippen LogP contribution is 2.22. The molecule has 0 saturated carbocycles. The number of benzene rings is 1. The number of nitro benzene ring substituents is 1. The first-order valence-electron chi connectivity index (χ1n) is 6.80. The first-order chi connectivity index (χ1) is 11.4. The summed E-state index contributed by atoms with van der Waals surface area (Å²) in [5, 5.41) is 10.8. The first kappa shape index (κ1) is 15.9. The first-order valence-corrected chi connectivity index (χ1v) is 8.41. The van der Waals surface area contributed by atoms with E-state index in [1.165, 1.54) is 29.2 Å². The van der Waals surface area contributed by atoms with Crippen molar-refractivity contribution in [3.05, 3.63) is 58.3 Å². The molecule has 0 bridgehead atoms. The monoisotopic (exact) mass is 349 g/mol. The third-order valence-electron chi connectivity index (χ3n) is 3.32. The summed E-state index contributed by atoms with van der Waals surface area (Å²) >= 11 is 0. The van der Waals surface area contributed by atoms with Crippen LogP contribution in [0.25, 0.3) is 0 Å². The van der Waals surface area contributed by atoms with Crippen LogP contribution in [0.5, 0.6) is 5.75 Å². The second-order valence-electron chi connectivity index (χ2n) is 4.96. The topological polar surface area (TPSA) is 119 Å². The van der Waals surface area contributed by atoms with E-state index in [0.717, 1.165) is 6.07 Å². The molecule has 0 aromatic heterocycles. The van der Waals surface area contributed by atoms with E-state index in [4.69, 9.17) is 4.74 Å². The zero-order valence-electron chi connectivity index (χ0n) is 12.2. The summed E-state index contributed by atoms with van der Waals surface area (Å²) in [6.45, 7) is 0.180. The van der Waals surface area contributed by atoms with Gasteiger partial charge in [-0.3, -0.25) is 10.1 Å². The molecule has 0 fully saturated rings. The highest BCUT2D eigenvalue weighted by Gasteiger charge is 2.31. The summed E-state index contributed by atoms with van der Waals surface area (Å²) in [7, 11) is -3.64. The number of fused-ring (bicyclic) bond motifs is 1. The van der Waals surface area contributed by atoms with Crippen molar-refractivity contribution in [2.45, 2.75) is 0 Å². The van der Waals surface area contributed by atoms with E-state index in [9.17, 15) is 23.3 Å². The smallest absolute Gasteiger partial charge is 0.347 e. The minimum atomic E-state index is -3.64. The fourth-order valence-electron chi connectivity index (χ4n) is 2.20. The second-order valence-corrected chi connectivity index (χ2v) is 6.71. The van der Waals surface area contributed by atoms with Gasteiger partial charge in [0.1, 0.15) is 11.3 Å².